The van der Waals surface area contributed by atoms with Gasteiger partial charge in [-0.05, 0) is 25.1 Å². The summed E-state index contributed by atoms with van der Waals surface area (Å²) in [5.74, 6) is -1.84. The number of amides is 1. The van der Waals surface area contributed by atoms with E-state index in [1.54, 1.807) is 0 Å². The Balaban J connectivity index is 1.66. The molecular weight excluding hydrogens is 373 g/mol. The lowest BCUT2D eigenvalue weighted by Crippen LogP contribution is -2.22. The van der Waals surface area contributed by atoms with Crippen molar-refractivity contribution in [1.82, 2.24) is 0 Å². The zero-order valence-corrected chi connectivity index (χ0v) is 15.0. The number of anilines is 1. The summed E-state index contributed by atoms with van der Waals surface area (Å²) in [7, 11) is 1.36. The number of hydrogen-bond acceptors (Lipinski definition) is 7. The van der Waals surface area contributed by atoms with Crippen LogP contribution in [-0.4, -0.2) is 38.2 Å². The highest BCUT2D eigenvalue weighted by atomic mass is 19.1. The Kier molecular flexibility index (Phi) is 5.44. The highest BCUT2D eigenvalue weighted by Gasteiger charge is 2.21. The van der Waals surface area contributed by atoms with Crippen molar-refractivity contribution in [3.8, 4) is 17.2 Å². The number of carbonyl (C=O) groups excluding carboxylic acids is 3. The average Bonchev–Trinajstić information content (AvgIpc) is 3.12. The molecule has 1 N–H and O–H groups in total. The van der Waals surface area contributed by atoms with E-state index in [9.17, 15) is 18.8 Å². The van der Waals surface area contributed by atoms with Gasteiger partial charge in [-0.25, -0.2) is 9.18 Å². The van der Waals surface area contributed by atoms with Gasteiger partial charge >= 0.3 is 5.97 Å². The number of methoxy groups -OCH3 is 1. The Morgan fingerprint density at radius 2 is 1.82 bits per heavy atom. The molecule has 2 aromatic rings. The standard InChI is InChI=1S/C19H16FNO7/c1-10(22)13-6-16-17(28-9-27-16)7-15(13)21-18(23)8-26-19(24)12-4-3-11(25-2)5-14(12)20/h3-7H,8-9H2,1-2H3,(H,21,23). The minimum atomic E-state index is -1.01. The second kappa shape index (κ2) is 7.95. The van der Waals surface area contributed by atoms with Crippen molar-refractivity contribution in [2.45, 2.75) is 6.92 Å². The molecule has 1 aliphatic heterocycles. The fourth-order valence-corrected chi connectivity index (χ4v) is 2.52. The lowest BCUT2D eigenvalue weighted by atomic mass is 10.1. The summed E-state index contributed by atoms with van der Waals surface area (Å²) in [6, 6.07) is 6.52. The summed E-state index contributed by atoms with van der Waals surface area (Å²) in [5.41, 5.74) is 0.0691. The van der Waals surface area contributed by atoms with Crippen molar-refractivity contribution in [2.24, 2.45) is 0 Å². The molecule has 0 fully saturated rings. The zero-order valence-electron chi connectivity index (χ0n) is 15.0. The van der Waals surface area contributed by atoms with Crippen LogP contribution in [0.1, 0.15) is 27.6 Å². The van der Waals surface area contributed by atoms with Gasteiger partial charge < -0.3 is 24.3 Å². The molecule has 0 saturated carbocycles. The highest BCUT2D eigenvalue weighted by molar-refractivity contribution is 6.05. The summed E-state index contributed by atoms with van der Waals surface area (Å²) in [4.78, 5) is 35.9. The molecule has 28 heavy (non-hydrogen) atoms. The van der Waals surface area contributed by atoms with Gasteiger partial charge in [0.1, 0.15) is 11.6 Å². The van der Waals surface area contributed by atoms with Crippen LogP contribution >= 0.6 is 0 Å². The lowest BCUT2D eigenvalue weighted by Gasteiger charge is -2.11. The first-order valence-corrected chi connectivity index (χ1v) is 8.14. The maximum atomic E-state index is 13.9. The lowest BCUT2D eigenvalue weighted by molar-refractivity contribution is -0.119. The summed E-state index contributed by atoms with van der Waals surface area (Å²) in [5, 5.41) is 2.47. The first-order valence-electron chi connectivity index (χ1n) is 8.14. The molecule has 0 aliphatic carbocycles. The van der Waals surface area contributed by atoms with Gasteiger partial charge in [0.15, 0.2) is 23.9 Å². The van der Waals surface area contributed by atoms with Gasteiger partial charge in [-0.1, -0.05) is 0 Å². The van der Waals surface area contributed by atoms with E-state index in [-0.39, 0.29) is 35.1 Å². The van der Waals surface area contributed by atoms with Crippen molar-refractivity contribution in [3.05, 3.63) is 47.3 Å². The van der Waals surface area contributed by atoms with E-state index in [1.165, 1.54) is 38.3 Å². The number of carbonyl (C=O) groups is 3. The molecule has 0 aromatic heterocycles. The maximum absolute atomic E-state index is 13.9. The van der Waals surface area contributed by atoms with Crippen LogP contribution in [-0.2, 0) is 9.53 Å². The molecule has 0 spiro atoms. The van der Waals surface area contributed by atoms with E-state index in [0.717, 1.165) is 6.07 Å². The number of halogens is 1. The van der Waals surface area contributed by atoms with Crippen molar-refractivity contribution in [1.29, 1.82) is 0 Å². The Morgan fingerprint density at radius 1 is 1.11 bits per heavy atom. The monoisotopic (exact) mass is 389 g/mol. The third kappa shape index (κ3) is 4.03. The number of ketones is 1. The van der Waals surface area contributed by atoms with Crippen molar-refractivity contribution < 1.29 is 37.7 Å². The molecule has 0 bridgehead atoms. The minimum Gasteiger partial charge on any atom is -0.497 e. The van der Waals surface area contributed by atoms with Crippen LogP contribution in [0.25, 0.3) is 0 Å². The van der Waals surface area contributed by atoms with E-state index >= 15 is 0 Å². The van der Waals surface area contributed by atoms with Crippen LogP contribution in [0.3, 0.4) is 0 Å². The molecule has 9 heteroatoms. The van der Waals surface area contributed by atoms with E-state index in [4.69, 9.17) is 18.9 Å². The number of ether oxygens (including phenoxy) is 4. The number of hydrogen-bond donors (Lipinski definition) is 1. The number of esters is 1. The predicted molar refractivity (Wildman–Crippen MR) is 94.4 cm³/mol. The number of Topliss-reactive ketones (excluding diaryl/α,β-unsaturated/α-hetero) is 1. The second-order valence-corrected chi connectivity index (χ2v) is 5.78. The number of benzene rings is 2. The Bertz CT molecular complexity index is 958. The highest BCUT2D eigenvalue weighted by Crippen LogP contribution is 2.37. The van der Waals surface area contributed by atoms with Crippen LogP contribution in [0.2, 0.25) is 0 Å². The van der Waals surface area contributed by atoms with Crippen LogP contribution in [0.15, 0.2) is 30.3 Å². The first-order chi connectivity index (χ1) is 13.4. The molecule has 0 radical (unpaired) electrons. The third-order valence-electron chi connectivity index (χ3n) is 3.90. The van der Waals surface area contributed by atoms with Gasteiger partial charge in [-0.15, -0.1) is 0 Å². The molecule has 1 amide bonds. The third-order valence-corrected chi connectivity index (χ3v) is 3.90. The normalized spacial score (nSPS) is 11.7. The van der Waals surface area contributed by atoms with Crippen molar-refractivity contribution >= 4 is 23.3 Å². The molecule has 1 aliphatic rings. The van der Waals surface area contributed by atoms with E-state index in [1.807, 2.05) is 0 Å². The van der Waals surface area contributed by atoms with Gasteiger partial charge in [0.2, 0.25) is 6.79 Å². The van der Waals surface area contributed by atoms with E-state index in [0.29, 0.717) is 11.5 Å². The zero-order chi connectivity index (χ0) is 20.3. The summed E-state index contributed by atoms with van der Waals surface area (Å²) in [6.07, 6.45) is 0. The van der Waals surface area contributed by atoms with Crippen molar-refractivity contribution in [3.63, 3.8) is 0 Å². The van der Waals surface area contributed by atoms with E-state index < -0.39 is 24.3 Å². The van der Waals surface area contributed by atoms with Gasteiger partial charge in [0.25, 0.3) is 5.91 Å². The molecule has 1 heterocycles. The van der Waals surface area contributed by atoms with E-state index in [2.05, 4.69) is 5.32 Å². The number of nitrogens with one attached hydrogen (secondary N) is 1. The maximum Gasteiger partial charge on any atom is 0.341 e. The summed E-state index contributed by atoms with van der Waals surface area (Å²) in [6.45, 7) is 0.672. The average molecular weight is 389 g/mol. The second-order valence-electron chi connectivity index (χ2n) is 5.78. The minimum absolute atomic E-state index is 0.00904. The quantitative estimate of drug-likeness (QED) is 0.599. The van der Waals surface area contributed by atoms with Crippen molar-refractivity contribution in [2.75, 3.05) is 25.8 Å². The predicted octanol–water partition coefficient (Wildman–Crippen LogP) is 2.56. The van der Waals surface area contributed by atoms with Crippen LogP contribution < -0.4 is 19.5 Å². The molecule has 146 valence electrons. The largest absolute Gasteiger partial charge is 0.497 e. The van der Waals surface area contributed by atoms with Crippen LogP contribution in [0.4, 0.5) is 10.1 Å². The number of fused-ring (bicyclic) bond motifs is 1. The Labute approximate surface area is 159 Å². The summed E-state index contributed by atoms with van der Waals surface area (Å²) < 4.78 is 34.0. The molecule has 2 aromatic carbocycles. The fourth-order valence-electron chi connectivity index (χ4n) is 2.52. The fraction of sp³-hybridized carbons (Fsp3) is 0.211. The van der Waals surface area contributed by atoms with Crippen LogP contribution in [0, 0.1) is 5.82 Å². The molecule has 0 unspecified atom stereocenters. The molecule has 3 rings (SSSR count). The van der Waals surface area contributed by atoms with Gasteiger partial charge in [-0.3, -0.25) is 9.59 Å². The number of rotatable bonds is 6. The van der Waals surface area contributed by atoms with Gasteiger partial charge in [0.05, 0.1) is 18.4 Å². The van der Waals surface area contributed by atoms with Crippen LogP contribution in [0.5, 0.6) is 17.2 Å². The smallest absolute Gasteiger partial charge is 0.341 e. The topological polar surface area (TPSA) is 100 Å². The summed E-state index contributed by atoms with van der Waals surface area (Å²) >= 11 is 0. The molecule has 8 nitrogen and oxygen atoms in total. The van der Waals surface area contributed by atoms with Gasteiger partial charge in [-0.2, -0.15) is 0 Å². The Hall–Kier alpha value is -3.62. The SMILES string of the molecule is COc1ccc(C(=O)OCC(=O)Nc2cc3c(cc2C(C)=O)OCO3)c(F)c1. The Morgan fingerprint density at radius 3 is 2.46 bits per heavy atom. The molecule has 0 saturated heterocycles. The first kappa shape index (κ1) is 19.2. The molecular formula is C19H16FNO7. The molecule has 0 atom stereocenters. The van der Waals surface area contributed by atoms with Gasteiger partial charge in [0, 0.05) is 17.7 Å².